The van der Waals surface area contributed by atoms with Gasteiger partial charge in [-0.25, -0.2) is 4.79 Å². The van der Waals surface area contributed by atoms with Crippen molar-refractivity contribution < 1.29 is 22.8 Å². The predicted octanol–water partition coefficient (Wildman–Crippen LogP) is 3.95. The number of carbonyl (C=O) groups excluding carboxylic acids is 2. The van der Waals surface area contributed by atoms with Crippen molar-refractivity contribution in [1.82, 2.24) is 14.7 Å². The van der Waals surface area contributed by atoms with E-state index in [0.717, 1.165) is 29.1 Å². The number of hydrogen-bond acceptors (Lipinski definition) is 3. The van der Waals surface area contributed by atoms with E-state index in [1.165, 1.54) is 11.0 Å². The lowest BCUT2D eigenvalue weighted by Gasteiger charge is -2.43. The van der Waals surface area contributed by atoms with Gasteiger partial charge in [0.1, 0.15) is 0 Å². The highest BCUT2D eigenvalue weighted by atomic mass is 19.4. The van der Waals surface area contributed by atoms with Crippen LogP contribution in [-0.4, -0.2) is 39.7 Å². The highest BCUT2D eigenvalue weighted by Crippen LogP contribution is 2.49. The van der Waals surface area contributed by atoms with Crippen LogP contribution in [0.3, 0.4) is 0 Å². The number of aromatic nitrogens is 2. The quantitative estimate of drug-likeness (QED) is 0.667. The summed E-state index contributed by atoms with van der Waals surface area (Å²) in [6, 6.07) is 6.45. The number of primary amides is 2. The molecule has 4 N–H and O–H groups in total. The van der Waals surface area contributed by atoms with Crippen LogP contribution in [0, 0.1) is 19.3 Å². The maximum atomic E-state index is 13.4. The van der Waals surface area contributed by atoms with Crippen molar-refractivity contribution in [3.63, 3.8) is 0 Å². The smallest absolute Gasteiger partial charge is 0.369 e. The van der Waals surface area contributed by atoms with Gasteiger partial charge < -0.3 is 16.4 Å². The second-order valence-electron chi connectivity index (χ2n) is 9.21. The number of allylic oxidation sites excluding steroid dienone is 2. The predicted molar refractivity (Wildman–Crippen MR) is 125 cm³/mol. The highest BCUT2D eigenvalue weighted by Gasteiger charge is 2.46. The Labute approximate surface area is 201 Å². The number of amides is 3. The number of benzene rings is 1. The van der Waals surface area contributed by atoms with Crippen LogP contribution < -0.4 is 11.5 Å². The first kappa shape index (κ1) is 24.6. The summed E-state index contributed by atoms with van der Waals surface area (Å²) in [4.78, 5) is 26.4. The normalized spacial score (nSPS) is 20.5. The molecule has 186 valence electrons. The summed E-state index contributed by atoms with van der Waals surface area (Å²) < 4.78 is 41.9. The van der Waals surface area contributed by atoms with Gasteiger partial charge in [0, 0.05) is 25.3 Å². The van der Waals surface area contributed by atoms with E-state index in [4.69, 9.17) is 11.5 Å². The minimum Gasteiger partial charge on any atom is -0.369 e. The van der Waals surface area contributed by atoms with E-state index < -0.39 is 29.1 Å². The van der Waals surface area contributed by atoms with Crippen molar-refractivity contribution in [2.75, 3.05) is 13.1 Å². The average Bonchev–Trinajstić information content (AvgIpc) is 3.13. The van der Waals surface area contributed by atoms with Crippen molar-refractivity contribution in [3.05, 3.63) is 70.1 Å². The molecule has 0 spiro atoms. The Hall–Kier alpha value is -3.56. The average molecular weight is 488 g/mol. The lowest BCUT2D eigenvalue weighted by atomic mass is 9.65. The molecule has 1 atom stereocenters. The van der Waals surface area contributed by atoms with Gasteiger partial charge in [-0.15, -0.1) is 0 Å². The van der Waals surface area contributed by atoms with Crippen LogP contribution >= 0.6 is 0 Å². The Morgan fingerprint density at radius 2 is 1.91 bits per heavy atom. The summed E-state index contributed by atoms with van der Waals surface area (Å²) in [5.41, 5.74) is 13.9. The van der Waals surface area contributed by atoms with Crippen LogP contribution in [0.4, 0.5) is 18.0 Å². The molecule has 1 aromatic heterocycles. The summed E-state index contributed by atoms with van der Waals surface area (Å²) in [5, 5.41) is 4.47. The number of rotatable bonds is 5. The second-order valence-corrected chi connectivity index (χ2v) is 9.21. The molecule has 1 aromatic carbocycles. The van der Waals surface area contributed by atoms with Gasteiger partial charge >= 0.3 is 12.2 Å². The minimum absolute atomic E-state index is 0.0982. The maximum absolute atomic E-state index is 13.4. The molecule has 3 amide bonds. The van der Waals surface area contributed by atoms with Gasteiger partial charge in [-0.05, 0) is 73.6 Å². The number of urea groups is 1. The van der Waals surface area contributed by atoms with Crippen LogP contribution in [0.5, 0.6) is 0 Å². The first-order valence-electron chi connectivity index (χ1n) is 11.4. The molecule has 10 heteroatoms. The van der Waals surface area contributed by atoms with Crippen molar-refractivity contribution in [3.8, 4) is 0 Å². The molecular weight excluding hydrogens is 459 g/mol. The van der Waals surface area contributed by atoms with E-state index >= 15 is 0 Å². The molecule has 0 saturated carbocycles. The topological polar surface area (TPSA) is 107 Å². The molecule has 1 unspecified atom stereocenters. The lowest BCUT2D eigenvalue weighted by Crippen LogP contribution is -2.49. The van der Waals surface area contributed by atoms with E-state index in [0.29, 0.717) is 42.6 Å². The molecule has 1 aliphatic carbocycles. The van der Waals surface area contributed by atoms with Crippen molar-refractivity contribution in [2.24, 2.45) is 16.9 Å². The number of nitrogens with two attached hydrogens (primary N) is 2. The fraction of sp³-hybridized carbons (Fsp3) is 0.400. The number of alkyl halides is 3. The van der Waals surface area contributed by atoms with Crippen molar-refractivity contribution in [1.29, 1.82) is 0 Å². The third-order valence-corrected chi connectivity index (χ3v) is 7.04. The fourth-order valence-corrected chi connectivity index (χ4v) is 5.19. The number of halogens is 3. The Morgan fingerprint density at radius 3 is 2.51 bits per heavy atom. The maximum Gasteiger partial charge on any atom is 0.416 e. The van der Waals surface area contributed by atoms with Crippen LogP contribution in [-0.2, 0) is 17.5 Å². The molecule has 2 aromatic rings. The third-order valence-electron chi connectivity index (χ3n) is 7.04. The number of aryl methyl sites for hydroxylation is 3. The molecule has 0 bridgehead atoms. The van der Waals surface area contributed by atoms with E-state index in [1.807, 2.05) is 19.9 Å². The summed E-state index contributed by atoms with van der Waals surface area (Å²) in [6.07, 6.45) is -1.77. The summed E-state index contributed by atoms with van der Waals surface area (Å²) in [5.74, 6) is -0.544. The Bertz CT molecular complexity index is 1240. The Morgan fingerprint density at radius 1 is 1.17 bits per heavy atom. The highest BCUT2D eigenvalue weighted by molar-refractivity contribution is 5.91. The van der Waals surface area contributed by atoms with Crippen LogP contribution in [0.15, 0.2) is 47.6 Å². The molecule has 1 aliphatic heterocycles. The molecule has 4 rings (SSSR count). The standard InChI is InChI=1S/C25H28F3N5O2/c1-15-12-16(2)33(31-15)11-9-24(22(29)34)8-6-19(17-4-3-5-18(13-17)25(26,27)28)20-7-10-32(23(30)35)14-21(20)24/h3-6,12-13H,7-11,14H2,1-2H3,(H2,29,34)(H2,30,35). The third kappa shape index (κ3) is 4.56. The molecule has 0 saturated heterocycles. The summed E-state index contributed by atoms with van der Waals surface area (Å²) in [6.45, 7) is 4.62. The first-order chi connectivity index (χ1) is 16.4. The SMILES string of the molecule is Cc1cc(C)n(CCC2(C(N)=O)CC=C(c3cccc(C(F)(F)F)c3)C3=C2CN(C(N)=O)CC3)n1. The number of hydrogen-bond donors (Lipinski definition) is 2. The van der Waals surface area contributed by atoms with Gasteiger partial charge in [-0.3, -0.25) is 9.48 Å². The van der Waals surface area contributed by atoms with Crippen LogP contribution in [0.1, 0.15) is 41.8 Å². The molecule has 7 nitrogen and oxygen atoms in total. The van der Waals surface area contributed by atoms with Gasteiger partial charge in [-0.1, -0.05) is 18.2 Å². The van der Waals surface area contributed by atoms with Gasteiger partial charge in [-0.2, -0.15) is 18.3 Å². The van der Waals surface area contributed by atoms with Crippen LogP contribution in [0.2, 0.25) is 0 Å². The van der Waals surface area contributed by atoms with E-state index in [2.05, 4.69) is 5.10 Å². The first-order valence-corrected chi connectivity index (χ1v) is 11.4. The fourth-order valence-electron chi connectivity index (χ4n) is 5.19. The Balaban J connectivity index is 1.79. The zero-order valence-electron chi connectivity index (χ0n) is 19.7. The number of nitrogens with zero attached hydrogens (tertiary/aromatic N) is 3. The van der Waals surface area contributed by atoms with Crippen molar-refractivity contribution >= 4 is 17.5 Å². The monoisotopic (exact) mass is 487 g/mol. The van der Waals surface area contributed by atoms with Gasteiger partial charge in [0.25, 0.3) is 0 Å². The Kier molecular flexibility index (Phi) is 6.25. The largest absolute Gasteiger partial charge is 0.416 e. The lowest BCUT2D eigenvalue weighted by molar-refractivity contribution is -0.137. The molecule has 35 heavy (non-hydrogen) atoms. The molecule has 2 heterocycles. The van der Waals surface area contributed by atoms with E-state index in [1.54, 1.807) is 16.8 Å². The summed E-state index contributed by atoms with van der Waals surface area (Å²) >= 11 is 0. The van der Waals surface area contributed by atoms with Crippen LogP contribution in [0.25, 0.3) is 5.57 Å². The van der Waals surface area contributed by atoms with Gasteiger partial charge in [0.15, 0.2) is 0 Å². The van der Waals surface area contributed by atoms with Gasteiger partial charge in [0.2, 0.25) is 5.91 Å². The minimum atomic E-state index is -4.48. The zero-order chi connectivity index (χ0) is 25.5. The molecule has 0 radical (unpaired) electrons. The zero-order valence-corrected chi connectivity index (χ0v) is 19.7. The van der Waals surface area contributed by atoms with E-state index in [9.17, 15) is 22.8 Å². The second kappa shape index (κ2) is 8.90. The van der Waals surface area contributed by atoms with Crippen molar-refractivity contribution in [2.45, 2.75) is 45.8 Å². The molecule has 0 fully saturated rings. The number of carbonyl (C=O) groups is 2. The molecule has 2 aliphatic rings. The molecular formula is C25H28F3N5O2. The van der Waals surface area contributed by atoms with Gasteiger partial charge in [0.05, 0.1) is 16.7 Å². The van der Waals surface area contributed by atoms with E-state index in [-0.39, 0.29) is 13.0 Å². The summed E-state index contributed by atoms with van der Waals surface area (Å²) in [7, 11) is 0.